The number of hydrogen-bond donors (Lipinski definition) is 0. The van der Waals surface area contributed by atoms with Crippen LogP contribution in [0, 0.1) is 6.92 Å². The molecular formula is C13H22O2S. The summed E-state index contributed by atoms with van der Waals surface area (Å²) in [6, 6.07) is 5.62. The number of rotatable bonds is 2. The van der Waals surface area contributed by atoms with E-state index in [1.807, 2.05) is 32.9 Å². The molecule has 1 aromatic carbocycles. The third-order valence-corrected chi connectivity index (χ3v) is 3.52. The normalized spacial score (nSPS) is 10.9. The Hall–Kier alpha value is -0.830. The van der Waals surface area contributed by atoms with Gasteiger partial charge < -0.3 is 0 Å². The Labute approximate surface area is 99.6 Å². The summed E-state index contributed by atoms with van der Waals surface area (Å²) in [7, 11) is -3.09. The van der Waals surface area contributed by atoms with Crippen LogP contribution in [0.2, 0.25) is 0 Å². The molecule has 0 bridgehead atoms. The highest BCUT2D eigenvalue weighted by Gasteiger charge is 2.12. The zero-order valence-corrected chi connectivity index (χ0v) is 11.9. The van der Waals surface area contributed by atoms with E-state index in [0.717, 1.165) is 11.1 Å². The van der Waals surface area contributed by atoms with Gasteiger partial charge in [0.1, 0.15) is 0 Å². The third-order valence-electron chi connectivity index (χ3n) is 2.28. The number of aryl methyl sites for hydroxylation is 1. The van der Waals surface area contributed by atoms with E-state index in [9.17, 15) is 8.42 Å². The van der Waals surface area contributed by atoms with Gasteiger partial charge in [0.2, 0.25) is 0 Å². The van der Waals surface area contributed by atoms with E-state index in [1.165, 1.54) is 6.26 Å². The molecule has 0 unspecified atom stereocenters. The molecule has 3 heteroatoms. The number of hydrogen-bond acceptors (Lipinski definition) is 2. The first-order valence-electron chi connectivity index (χ1n) is 5.63. The molecule has 0 spiro atoms. The molecule has 2 nitrogen and oxygen atoms in total. The topological polar surface area (TPSA) is 34.1 Å². The molecule has 0 radical (unpaired) electrons. The summed E-state index contributed by atoms with van der Waals surface area (Å²) in [4.78, 5) is 0.448. The van der Waals surface area contributed by atoms with E-state index in [0.29, 0.717) is 10.8 Å². The van der Waals surface area contributed by atoms with Crippen LogP contribution in [-0.4, -0.2) is 14.7 Å². The van der Waals surface area contributed by atoms with E-state index in [1.54, 1.807) is 6.07 Å². The monoisotopic (exact) mass is 242 g/mol. The van der Waals surface area contributed by atoms with Crippen molar-refractivity contribution in [3.05, 3.63) is 29.3 Å². The van der Waals surface area contributed by atoms with Gasteiger partial charge in [-0.2, -0.15) is 0 Å². The van der Waals surface area contributed by atoms with E-state index >= 15 is 0 Å². The average molecular weight is 242 g/mol. The molecule has 92 valence electrons. The minimum absolute atomic E-state index is 0.357. The first kappa shape index (κ1) is 15.2. The molecule has 0 N–H and O–H groups in total. The molecule has 0 aliphatic rings. The molecule has 0 aromatic heterocycles. The van der Waals surface area contributed by atoms with Gasteiger partial charge in [0.25, 0.3) is 0 Å². The van der Waals surface area contributed by atoms with Crippen LogP contribution in [-0.2, 0) is 9.84 Å². The van der Waals surface area contributed by atoms with Crippen LogP contribution in [0.25, 0.3) is 0 Å². The fourth-order valence-electron chi connectivity index (χ4n) is 1.38. The summed E-state index contributed by atoms with van der Waals surface area (Å²) in [5, 5.41) is 0. The van der Waals surface area contributed by atoms with Crippen LogP contribution in [0.4, 0.5) is 0 Å². The molecule has 0 aliphatic heterocycles. The number of sulfone groups is 1. The minimum atomic E-state index is -3.09. The van der Waals surface area contributed by atoms with E-state index in [-0.39, 0.29) is 0 Å². The lowest BCUT2D eigenvalue weighted by Gasteiger charge is -2.09. The Morgan fingerprint density at radius 2 is 1.62 bits per heavy atom. The van der Waals surface area contributed by atoms with Gasteiger partial charge in [-0.15, -0.1) is 0 Å². The lowest BCUT2D eigenvalue weighted by molar-refractivity contribution is 0.601. The molecule has 0 heterocycles. The second-order valence-electron chi connectivity index (χ2n) is 3.95. The van der Waals surface area contributed by atoms with Crippen LogP contribution in [0.15, 0.2) is 23.1 Å². The third kappa shape index (κ3) is 3.97. The van der Waals surface area contributed by atoms with Crippen molar-refractivity contribution >= 4 is 9.84 Å². The van der Waals surface area contributed by atoms with Gasteiger partial charge in [-0.25, -0.2) is 8.42 Å². The molecule has 1 aromatic rings. The molecule has 0 fully saturated rings. The molecule has 1 rings (SSSR count). The van der Waals surface area contributed by atoms with Gasteiger partial charge >= 0.3 is 0 Å². The maximum atomic E-state index is 11.4. The molecule has 0 atom stereocenters. The summed E-state index contributed by atoms with van der Waals surface area (Å²) >= 11 is 0. The molecular weight excluding hydrogens is 220 g/mol. The molecule has 0 saturated carbocycles. The predicted molar refractivity (Wildman–Crippen MR) is 69.7 cm³/mol. The highest BCUT2D eigenvalue weighted by Crippen LogP contribution is 2.21. The van der Waals surface area contributed by atoms with Gasteiger partial charge in [0.15, 0.2) is 9.84 Å². The Balaban J connectivity index is 0.00000106. The van der Waals surface area contributed by atoms with Crippen molar-refractivity contribution in [3.63, 3.8) is 0 Å². The van der Waals surface area contributed by atoms with Crippen LogP contribution in [0.1, 0.15) is 44.7 Å². The van der Waals surface area contributed by atoms with Crippen molar-refractivity contribution in [2.45, 2.75) is 45.4 Å². The Bertz CT molecular complexity index is 431. The first-order valence-corrected chi connectivity index (χ1v) is 7.52. The van der Waals surface area contributed by atoms with Crippen LogP contribution in [0.3, 0.4) is 0 Å². The van der Waals surface area contributed by atoms with Crippen LogP contribution < -0.4 is 0 Å². The lowest BCUT2D eigenvalue weighted by Crippen LogP contribution is -2.01. The van der Waals surface area contributed by atoms with E-state index < -0.39 is 9.84 Å². The maximum Gasteiger partial charge on any atom is 0.175 e. The van der Waals surface area contributed by atoms with Crippen LogP contribution in [0.5, 0.6) is 0 Å². The standard InChI is InChI=1S/C11H16O2S.C2H6/c1-8(2)10-6-5-9(3)11(7-10)14(4,12)13;1-2/h5-8H,1-4H3;1-2H3. The Morgan fingerprint density at radius 1 is 1.12 bits per heavy atom. The highest BCUT2D eigenvalue weighted by molar-refractivity contribution is 7.90. The summed E-state index contributed by atoms with van der Waals surface area (Å²) in [5.74, 6) is 0.357. The van der Waals surface area contributed by atoms with Crippen molar-refractivity contribution in [2.24, 2.45) is 0 Å². The minimum Gasteiger partial charge on any atom is -0.224 e. The molecule has 0 aliphatic carbocycles. The van der Waals surface area contributed by atoms with Crippen molar-refractivity contribution in [1.29, 1.82) is 0 Å². The van der Waals surface area contributed by atoms with Gasteiger partial charge in [0, 0.05) is 6.26 Å². The van der Waals surface area contributed by atoms with Gasteiger partial charge in [-0.05, 0) is 30.0 Å². The van der Waals surface area contributed by atoms with Crippen molar-refractivity contribution < 1.29 is 8.42 Å². The van der Waals surface area contributed by atoms with Crippen molar-refractivity contribution in [2.75, 3.05) is 6.26 Å². The van der Waals surface area contributed by atoms with Crippen LogP contribution >= 0.6 is 0 Å². The second-order valence-corrected chi connectivity index (χ2v) is 5.94. The Morgan fingerprint density at radius 3 is 2.00 bits per heavy atom. The summed E-state index contributed by atoms with van der Waals surface area (Å²) in [6.07, 6.45) is 1.25. The summed E-state index contributed by atoms with van der Waals surface area (Å²) in [6.45, 7) is 9.92. The average Bonchev–Trinajstić information content (AvgIpc) is 2.19. The zero-order chi connectivity index (χ0) is 12.9. The predicted octanol–water partition coefficient (Wildman–Crippen LogP) is 3.55. The first-order chi connectivity index (χ1) is 7.32. The lowest BCUT2D eigenvalue weighted by atomic mass is 10.0. The second kappa shape index (κ2) is 6.04. The SMILES string of the molecule is CC.Cc1ccc(C(C)C)cc1S(C)(=O)=O. The number of benzene rings is 1. The fourth-order valence-corrected chi connectivity index (χ4v) is 2.38. The van der Waals surface area contributed by atoms with Gasteiger partial charge in [0.05, 0.1) is 4.90 Å². The summed E-state index contributed by atoms with van der Waals surface area (Å²) in [5.41, 5.74) is 1.88. The molecule has 0 saturated heterocycles. The molecule has 16 heavy (non-hydrogen) atoms. The quantitative estimate of drug-likeness (QED) is 0.794. The molecule has 0 amide bonds. The zero-order valence-electron chi connectivity index (χ0n) is 11.0. The maximum absolute atomic E-state index is 11.4. The largest absolute Gasteiger partial charge is 0.224 e. The highest BCUT2D eigenvalue weighted by atomic mass is 32.2. The van der Waals surface area contributed by atoms with E-state index in [4.69, 9.17) is 0 Å². The van der Waals surface area contributed by atoms with Gasteiger partial charge in [-0.3, -0.25) is 0 Å². The Kier molecular flexibility index (Phi) is 5.73. The van der Waals surface area contributed by atoms with Crippen molar-refractivity contribution in [1.82, 2.24) is 0 Å². The van der Waals surface area contributed by atoms with E-state index in [2.05, 4.69) is 13.8 Å². The van der Waals surface area contributed by atoms with Crippen molar-refractivity contribution in [3.8, 4) is 0 Å². The summed E-state index contributed by atoms with van der Waals surface area (Å²) < 4.78 is 22.9. The fraction of sp³-hybridized carbons (Fsp3) is 0.538. The smallest absolute Gasteiger partial charge is 0.175 e. The van der Waals surface area contributed by atoms with Gasteiger partial charge in [-0.1, -0.05) is 39.8 Å².